The number of nitrogens with zero attached hydrogens (tertiary/aromatic N) is 2. The van der Waals surface area contributed by atoms with Gasteiger partial charge in [-0.2, -0.15) is 5.10 Å². The number of carbonyl (C=O) groups excluding carboxylic acids is 1. The highest BCUT2D eigenvalue weighted by Gasteiger charge is 2.14. The van der Waals surface area contributed by atoms with E-state index in [-0.39, 0.29) is 5.97 Å². The number of carbonyl (C=O) groups is 1. The molecule has 2 heterocycles. The zero-order valence-corrected chi connectivity index (χ0v) is 10.9. The summed E-state index contributed by atoms with van der Waals surface area (Å²) in [6, 6.07) is 3.64. The van der Waals surface area contributed by atoms with E-state index in [1.807, 2.05) is 6.07 Å². The molecule has 0 aliphatic rings. The van der Waals surface area contributed by atoms with Crippen LogP contribution in [-0.4, -0.2) is 22.7 Å². The van der Waals surface area contributed by atoms with Crippen LogP contribution in [0.1, 0.15) is 10.4 Å². The Kier molecular flexibility index (Phi) is 2.79. The monoisotopic (exact) mass is 332 g/mol. The molecule has 78 valence electrons. The summed E-state index contributed by atoms with van der Waals surface area (Å²) < 4.78 is 7.90. The minimum absolute atomic E-state index is 0.390. The predicted octanol–water partition coefficient (Wildman–Crippen LogP) is 2.65. The first-order valence-corrected chi connectivity index (χ1v) is 5.64. The van der Waals surface area contributed by atoms with Crippen molar-refractivity contribution in [1.82, 2.24) is 9.61 Å². The van der Waals surface area contributed by atoms with Gasteiger partial charge in [-0.25, -0.2) is 9.31 Å². The second-order valence-electron chi connectivity index (χ2n) is 2.82. The molecule has 0 aliphatic carbocycles. The van der Waals surface area contributed by atoms with Crippen LogP contribution in [0.15, 0.2) is 27.4 Å². The van der Waals surface area contributed by atoms with Gasteiger partial charge >= 0.3 is 5.97 Å². The number of ether oxygens (including phenoxy) is 1. The van der Waals surface area contributed by atoms with Crippen molar-refractivity contribution < 1.29 is 9.53 Å². The van der Waals surface area contributed by atoms with Crippen molar-refractivity contribution in [3.8, 4) is 0 Å². The summed E-state index contributed by atoms with van der Waals surface area (Å²) in [6.07, 6.45) is 1.48. The van der Waals surface area contributed by atoms with Crippen molar-refractivity contribution in [2.24, 2.45) is 0 Å². The lowest BCUT2D eigenvalue weighted by Gasteiger charge is -2.00. The van der Waals surface area contributed by atoms with Crippen LogP contribution in [0.25, 0.3) is 5.52 Å². The molecule has 2 aromatic heterocycles. The fraction of sp³-hybridized carbons (Fsp3) is 0.111. The fourth-order valence-electron chi connectivity index (χ4n) is 1.26. The van der Waals surface area contributed by atoms with Crippen molar-refractivity contribution in [1.29, 1.82) is 0 Å². The molecule has 0 saturated carbocycles. The van der Waals surface area contributed by atoms with Gasteiger partial charge in [-0.3, -0.25) is 0 Å². The minimum atomic E-state index is -0.390. The summed E-state index contributed by atoms with van der Waals surface area (Å²) in [7, 11) is 1.35. The van der Waals surface area contributed by atoms with E-state index in [9.17, 15) is 4.79 Å². The number of rotatable bonds is 1. The standard InChI is InChI=1S/C9H6Br2N2O2/c1-15-9(14)5-4-12-13-7(5)3-2-6(10)8(13)11/h2-4H,1H3. The molecule has 0 amide bonds. The van der Waals surface area contributed by atoms with Gasteiger partial charge in [-0.05, 0) is 44.0 Å². The minimum Gasteiger partial charge on any atom is -0.465 e. The van der Waals surface area contributed by atoms with Crippen molar-refractivity contribution in [2.45, 2.75) is 0 Å². The summed E-state index contributed by atoms with van der Waals surface area (Å²) in [5, 5.41) is 4.09. The van der Waals surface area contributed by atoms with Crippen LogP contribution in [0.2, 0.25) is 0 Å². The maximum Gasteiger partial charge on any atom is 0.341 e. The maximum atomic E-state index is 11.4. The molecule has 6 heteroatoms. The molecule has 0 radical (unpaired) electrons. The number of pyridine rings is 1. The van der Waals surface area contributed by atoms with Crippen LogP contribution in [0.5, 0.6) is 0 Å². The van der Waals surface area contributed by atoms with E-state index in [1.54, 1.807) is 10.6 Å². The molecule has 0 unspecified atom stereocenters. The molecular weight excluding hydrogens is 328 g/mol. The molecule has 4 nitrogen and oxygen atoms in total. The zero-order valence-electron chi connectivity index (χ0n) is 7.70. The van der Waals surface area contributed by atoms with E-state index in [2.05, 4.69) is 41.7 Å². The SMILES string of the molecule is COC(=O)c1cnn2c(Br)c(Br)ccc12. The molecule has 0 aliphatic heterocycles. The third-order valence-corrected chi connectivity index (χ3v) is 3.92. The molecule has 0 fully saturated rings. The van der Waals surface area contributed by atoms with E-state index < -0.39 is 0 Å². The number of hydrogen-bond donors (Lipinski definition) is 0. The second kappa shape index (κ2) is 3.94. The van der Waals surface area contributed by atoms with Gasteiger partial charge < -0.3 is 4.74 Å². The van der Waals surface area contributed by atoms with Crippen LogP contribution in [-0.2, 0) is 4.74 Å². The van der Waals surface area contributed by atoms with Crippen molar-refractivity contribution in [3.05, 3.63) is 33.0 Å². The average Bonchev–Trinajstić information content (AvgIpc) is 2.66. The predicted molar refractivity (Wildman–Crippen MR) is 61.9 cm³/mol. The fourth-order valence-corrected chi connectivity index (χ4v) is 1.98. The summed E-state index contributed by atoms with van der Waals surface area (Å²) in [4.78, 5) is 11.4. The van der Waals surface area contributed by atoms with E-state index in [4.69, 9.17) is 0 Å². The Morgan fingerprint density at radius 1 is 1.47 bits per heavy atom. The van der Waals surface area contributed by atoms with Gasteiger partial charge in [0.25, 0.3) is 0 Å². The Balaban J connectivity index is 2.72. The molecule has 0 atom stereocenters. The number of hydrogen-bond acceptors (Lipinski definition) is 3. The first kappa shape index (κ1) is 10.6. The number of aromatic nitrogens is 2. The third-order valence-electron chi connectivity index (χ3n) is 1.98. The quantitative estimate of drug-likeness (QED) is 0.595. The second-order valence-corrected chi connectivity index (χ2v) is 4.42. The van der Waals surface area contributed by atoms with Gasteiger partial charge in [0, 0.05) is 0 Å². The number of fused-ring (bicyclic) bond motifs is 1. The van der Waals surface area contributed by atoms with Gasteiger partial charge in [-0.1, -0.05) is 0 Å². The highest BCUT2D eigenvalue weighted by atomic mass is 79.9. The van der Waals surface area contributed by atoms with Crippen LogP contribution < -0.4 is 0 Å². The first-order chi connectivity index (χ1) is 7.15. The highest BCUT2D eigenvalue weighted by molar-refractivity contribution is 9.13. The van der Waals surface area contributed by atoms with Crippen LogP contribution in [0.4, 0.5) is 0 Å². The first-order valence-electron chi connectivity index (χ1n) is 4.05. The number of halogens is 2. The van der Waals surface area contributed by atoms with Gasteiger partial charge in [0.2, 0.25) is 0 Å². The number of methoxy groups -OCH3 is 1. The molecular formula is C9H6Br2N2O2. The van der Waals surface area contributed by atoms with E-state index in [0.717, 1.165) is 9.08 Å². The maximum absolute atomic E-state index is 11.4. The molecule has 2 aromatic rings. The lowest BCUT2D eigenvalue weighted by atomic mass is 10.3. The van der Waals surface area contributed by atoms with Crippen LogP contribution in [0.3, 0.4) is 0 Å². The Morgan fingerprint density at radius 2 is 2.20 bits per heavy atom. The summed E-state index contributed by atoms with van der Waals surface area (Å²) >= 11 is 6.72. The van der Waals surface area contributed by atoms with Crippen molar-refractivity contribution in [2.75, 3.05) is 7.11 Å². The lowest BCUT2D eigenvalue weighted by molar-refractivity contribution is 0.0603. The number of esters is 1. The van der Waals surface area contributed by atoms with Crippen LogP contribution in [0, 0.1) is 0 Å². The largest absolute Gasteiger partial charge is 0.465 e. The normalized spacial score (nSPS) is 10.6. The van der Waals surface area contributed by atoms with E-state index in [0.29, 0.717) is 11.1 Å². The van der Waals surface area contributed by atoms with Gasteiger partial charge in [-0.15, -0.1) is 0 Å². The van der Waals surface area contributed by atoms with Gasteiger partial charge in [0.05, 0.1) is 23.3 Å². The third kappa shape index (κ3) is 1.68. The van der Waals surface area contributed by atoms with Crippen molar-refractivity contribution in [3.63, 3.8) is 0 Å². The van der Waals surface area contributed by atoms with E-state index >= 15 is 0 Å². The van der Waals surface area contributed by atoms with Gasteiger partial charge in [0.1, 0.15) is 10.2 Å². The molecule has 0 saturated heterocycles. The molecule has 0 bridgehead atoms. The summed E-state index contributed by atoms with van der Waals surface area (Å²) in [5.74, 6) is -0.390. The van der Waals surface area contributed by atoms with Crippen LogP contribution >= 0.6 is 31.9 Å². The highest BCUT2D eigenvalue weighted by Crippen LogP contribution is 2.25. The molecule has 0 spiro atoms. The summed E-state index contributed by atoms with van der Waals surface area (Å²) in [6.45, 7) is 0. The lowest BCUT2D eigenvalue weighted by Crippen LogP contribution is -2.00. The Labute approximate surface area is 102 Å². The van der Waals surface area contributed by atoms with E-state index in [1.165, 1.54) is 13.3 Å². The molecule has 15 heavy (non-hydrogen) atoms. The Hall–Kier alpha value is -0.880. The smallest absolute Gasteiger partial charge is 0.341 e. The van der Waals surface area contributed by atoms with Gasteiger partial charge in [0.15, 0.2) is 0 Å². The average molecular weight is 334 g/mol. The Bertz CT molecular complexity index is 536. The topological polar surface area (TPSA) is 43.6 Å². The molecule has 0 aromatic carbocycles. The zero-order chi connectivity index (χ0) is 11.0. The van der Waals surface area contributed by atoms with Crippen molar-refractivity contribution >= 4 is 43.3 Å². The molecule has 2 rings (SSSR count). The Morgan fingerprint density at radius 3 is 2.87 bits per heavy atom. The molecule has 0 N–H and O–H groups in total. The summed E-state index contributed by atoms with van der Waals surface area (Å²) in [5.41, 5.74) is 1.16.